The van der Waals surface area contributed by atoms with Gasteiger partial charge in [0.1, 0.15) is 29.8 Å². The SMILES string of the molecule is CC(C)NC(=O)c1ccc(-c2ccc(F)c(Cl)c2)c(COc2ccc(-c3nc4cc(C(=O)O)ccc4n3C3CCCCC3)c(F)c2)c1. The topological polar surface area (TPSA) is 93.4 Å². The molecular formula is C37H34ClF2N3O4. The number of rotatable bonds is 9. The van der Waals surface area contributed by atoms with Crippen LogP contribution in [0.2, 0.25) is 5.02 Å². The molecule has 242 valence electrons. The first-order chi connectivity index (χ1) is 22.6. The van der Waals surface area contributed by atoms with Crippen molar-refractivity contribution in [1.82, 2.24) is 14.9 Å². The number of hydrogen-bond acceptors (Lipinski definition) is 4. The number of ether oxygens (including phenoxy) is 1. The fraction of sp³-hybridized carbons (Fsp3) is 0.270. The van der Waals surface area contributed by atoms with Crippen LogP contribution in [0.5, 0.6) is 5.75 Å². The normalized spacial score (nSPS) is 13.7. The Morgan fingerprint density at radius 2 is 1.68 bits per heavy atom. The summed E-state index contributed by atoms with van der Waals surface area (Å²) < 4.78 is 38.0. The van der Waals surface area contributed by atoms with E-state index in [4.69, 9.17) is 21.3 Å². The van der Waals surface area contributed by atoms with Crippen LogP contribution in [-0.2, 0) is 6.61 Å². The van der Waals surface area contributed by atoms with Crippen molar-refractivity contribution in [2.45, 2.75) is 64.6 Å². The number of carboxylic acid groups (broad SMARTS) is 1. The average Bonchev–Trinajstić information content (AvgIpc) is 3.43. The van der Waals surface area contributed by atoms with Crippen LogP contribution >= 0.6 is 11.6 Å². The zero-order valence-corrected chi connectivity index (χ0v) is 26.8. The smallest absolute Gasteiger partial charge is 0.335 e. The molecule has 2 N–H and O–H groups in total. The lowest BCUT2D eigenvalue weighted by Crippen LogP contribution is -2.30. The lowest BCUT2D eigenvalue weighted by Gasteiger charge is -2.25. The average molecular weight is 658 g/mol. The van der Waals surface area contributed by atoms with Crippen molar-refractivity contribution in [2.75, 3.05) is 0 Å². The predicted octanol–water partition coefficient (Wildman–Crippen LogP) is 9.22. The van der Waals surface area contributed by atoms with Crippen LogP contribution in [0.15, 0.2) is 72.8 Å². The molecule has 1 aliphatic rings. The van der Waals surface area contributed by atoms with E-state index in [-0.39, 0.29) is 46.5 Å². The van der Waals surface area contributed by atoms with E-state index in [2.05, 4.69) is 5.32 Å². The van der Waals surface area contributed by atoms with Crippen LogP contribution in [0.4, 0.5) is 8.78 Å². The highest BCUT2D eigenvalue weighted by Gasteiger charge is 2.25. The van der Waals surface area contributed by atoms with Crippen molar-refractivity contribution in [1.29, 1.82) is 0 Å². The summed E-state index contributed by atoms with van der Waals surface area (Å²) in [5, 5.41) is 12.4. The highest BCUT2D eigenvalue weighted by Crippen LogP contribution is 2.38. The van der Waals surface area contributed by atoms with Crippen molar-refractivity contribution in [2.24, 2.45) is 0 Å². The van der Waals surface area contributed by atoms with Crippen LogP contribution in [0.3, 0.4) is 0 Å². The summed E-state index contributed by atoms with van der Waals surface area (Å²) >= 11 is 6.07. The van der Waals surface area contributed by atoms with Crippen molar-refractivity contribution >= 4 is 34.5 Å². The second-order valence-electron chi connectivity index (χ2n) is 12.2. The minimum absolute atomic E-state index is 0.00946. The molecule has 0 spiro atoms. The Hall–Kier alpha value is -4.76. The number of aromatic carboxylic acids is 1. The van der Waals surface area contributed by atoms with E-state index < -0.39 is 17.6 Å². The number of carbonyl (C=O) groups is 2. The maximum absolute atomic E-state index is 15.9. The second-order valence-corrected chi connectivity index (χ2v) is 12.6. The first-order valence-electron chi connectivity index (χ1n) is 15.7. The molecule has 47 heavy (non-hydrogen) atoms. The number of carboxylic acids is 1. The van der Waals surface area contributed by atoms with Gasteiger partial charge in [0.05, 0.1) is 27.2 Å². The summed E-state index contributed by atoms with van der Waals surface area (Å²) in [6.07, 6.45) is 5.11. The van der Waals surface area contributed by atoms with Gasteiger partial charge in [-0.15, -0.1) is 0 Å². The molecular weight excluding hydrogens is 624 g/mol. The van der Waals surface area contributed by atoms with Gasteiger partial charge in [-0.3, -0.25) is 4.79 Å². The van der Waals surface area contributed by atoms with Crippen LogP contribution < -0.4 is 10.1 Å². The molecule has 6 rings (SSSR count). The number of carbonyl (C=O) groups excluding carboxylic acids is 1. The highest BCUT2D eigenvalue weighted by atomic mass is 35.5. The molecule has 4 aromatic carbocycles. The Kier molecular flexibility index (Phi) is 9.27. The maximum atomic E-state index is 15.9. The van der Waals surface area contributed by atoms with E-state index >= 15 is 4.39 Å². The second kappa shape index (κ2) is 13.5. The van der Waals surface area contributed by atoms with Gasteiger partial charge in [0.25, 0.3) is 5.91 Å². The molecule has 1 amide bonds. The van der Waals surface area contributed by atoms with Gasteiger partial charge in [-0.2, -0.15) is 0 Å². The number of imidazole rings is 1. The van der Waals surface area contributed by atoms with Crippen LogP contribution in [0.1, 0.15) is 78.3 Å². The zero-order valence-electron chi connectivity index (χ0n) is 26.0. The summed E-state index contributed by atoms with van der Waals surface area (Å²) in [5.41, 5.74) is 4.04. The van der Waals surface area contributed by atoms with Gasteiger partial charge in [-0.05, 0) is 98.0 Å². The van der Waals surface area contributed by atoms with Crippen molar-refractivity contribution < 1.29 is 28.2 Å². The first-order valence-corrected chi connectivity index (χ1v) is 16.0. The largest absolute Gasteiger partial charge is 0.489 e. The molecule has 1 fully saturated rings. The Balaban J connectivity index is 1.33. The summed E-state index contributed by atoms with van der Waals surface area (Å²) in [5.74, 6) is -1.68. The number of amides is 1. The molecule has 0 saturated heterocycles. The number of hydrogen-bond donors (Lipinski definition) is 2. The summed E-state index contributed by atoms with van der Waals surface area (Å²) in [4.78, 5) is 29.2. The Bertz CT molecular complexity index is 1980. The van der Waals surface area contributed by atoms with E-state index in [9.17, 15) is 19.1 Å². The van der Waals surface area contributed by atoms with Crippen LogP contribution in [0.25, 0.3) is 33.5 Å². The molecule has 0 unspecified atom stereocenters. The van der Waals surface area contributed by atoms with Gasteiger partial charge in [0.2, 0.25) is 0 Å². The highest BCUT2D eigenvalue weighted by molar-refractivity contribution is 6.31. The first kappa shape index (κ1) is 32.2. The number of nitrogens with one attached hydrogen (secondary N) is 1. The van der Waals surface area contributed by atoms with E-state index in [0.29, 0.717) is 33.6 Å². The van der Waals surface area contributed by atoms with Gasteiger partial charge >= 0.3 is 5.97 Å². The monoisotopic (exact) mass is 657 g/mol. The van der Waals surface area contributed by atoms with Gasteiger partial charge in [-0.1, -0.05) is 43.0 Å². The fourth-order valence-corrected chi connectivity index (χ4v) is 6.38. The molecule has 1 heterocycles. The number of nitrogens with zero attached hydrogens (tertiary/aromatic N) is 2. The molecule has 7 nitrogen and oxygen atoms in total. The predicted molar refractivity (Wildman–Crippen MR) is 178 cm³/mol. The molecule has 1 aliphatic carbocycles. The summed E-state index contributed by atoms with van der Waals surface area (Å²) in [7, 11) is 0. The third kappa shape index (κ3) is 6.86. The lowest BCUT2D eigenvalue weighted by atomic mass is 9.94. The number of halogens is 3. The Labute approximate surface area is 276 Å². The van der Waals surface area contributed by atoms with E-state index in [1.807, 2.05) is 18.4 Å². The minimum Gasteiger partial charge on any atom is -0.489 e. The van der Waals surface area contributed by atoms with Crippen molar-refractivity contribution in [3.8, 4) is 28.3 Å². The summed E-state index contributed by atoms with van der Waals surface area (Å²) in [6, 6.07) is 19.0. The standard InChI is InChI=1S/C37H34ClF2N3O4/c1-21(2)41-36(44)23-8-12-28(22-9-14-31(39)30(38)17-22)25(16-23)20-47-27-11-13-29(32(40)19-27)35-42-33-18-24(37(45)46)10-15-34(33)43(35)26-6-4-3-5-7-26/h8-19,21,26H,3-7,20H2,1-2H3,(H,41,44)(H,45,46). The summed E-state index contributed by atoms with van der Waals surface area (Å²) in [6.45, 7) is 3.73. The lowest BCUT2D eigenvalue weighted by molar-refractivity contribution is 0.0696. The number of aromatic nitrogens is 2. The Morgan fingerprint density at radius 3 is 2.38 bits per heavy atom. The minimum atomic E-state index is -1.05. The number of fused-ring (bicyclic) bond motifs is 1. The third-order valence-electron chi connectivity index (χ3n) is 8.47. The van der Waals surface area contributed by atoms with E-state index in [1.165, 1.54) is 24.3 Å². The quantitative estimate of drug-likeness (QED) is 0.165. The fourth-order valence-electron chi connectivity index (χ4n) is 6.20. The molecule has 1 saturated carbocycles. The zero-order chi connectivity index (χ0) is 33.2. The molecule has 1 aromatic heterocycles. The molecule has 0 aliphatic heterocycles. The van der Waals surface area contributed by atoms with Crippen molar-refractivity contribution in [3.63, 3.8) is 0 Å². The third-order valence-corrected chi connectivity index (χ3v) is 8.76. The van der Waals surface area contributed by atoms with Gasteiger partial charge in [0, 0.05) is 23.7 Å². The van der Waals surface area contributed by atoms with Gasteiger partial charge in [0.15, 0.2) is 0 Å². The van der Waals surface area contributed by atoms with E-state index in [0.717, 1.165) is 37.6 Å². The maximum Gasteiger partial charge on any atom is 0.335 e. The van der Waals surface area contributed by atoms with Gasteiger partial charge < -0.3 is 19.7 Å². The molecule has 5 aromatic rings. The molecule has 0 atom stereocenters. The molecule has 10 heteroatoms. The molecule has 0 radical (unpaired) electrons. The Morgan fingerprint density at radius 1 is 0.936 bits per heavy atom. The van der Waals surface area contributed by atoms with Crippen molar-refractivity contribution in [3.05, 3.63) is 106 Å². The molecule has 0 bridgehead atoms. The van der Waals surface area contributed by atoms with Gasteiger partial charge in [-0.25, -0.2) is 18.6 Å². The van der Waals surface area contributed by atoms with Crippen LogP contribution in [0, 0.1) is 11.6 Å². The number of benzene rings is 4. The van der Waals surface area contributed by atoms with Crippen LogP contribution in [-0.4, -0.2) is 32.6 Å². The van der Waals surface area contributed by atoms with E-state index in [1.54, 1.807) is 48.5 Å².